The van der Waals surface area contributed by atoms with E-state index in [1.54, 1.807) is 20.8 Å². The average Bonchev–Trinajstić information content (AvgIpc) is 2.62. The third-order valence-corrected chi connectivity index (χ3v) is 1.60. The molecule has 0 saturated heterocycles. The molecular weight excluding hydrogens is 212 g/mol. The zero-order valence-corrected chi connectivity index (χ0v) is 9.68. The van der Waals surface area contributed by atoms with Gasteiger partial charge in [-0.3, -0.25) is 0 Å². The number of carbonyl (C=O) groups is 2. The van der Waals surface area contributed by atoms with Gasteiger partial charge in [-0.15, -0.1) is 0 Å². The number of aromatic nitrogens is 2. The SMILES string of the molecule is COC(=O)c1ccnn1C(=O)OC(C)(C)C. The highest BCUT2D eigenvalue weighted by atomic mass is 16.6. The van der Waals surface area contributed by atoms with Crippen LogP contribution in [0.5, 0.6) is 0 Å². The van der Waals surface area contributed by atoms with Gasteiger partial charge < -0.3 is 9.47 Å². The molecule has 0 aliphatic heterocycles. The van der Waals surface area contributed by atoms with Crippen LogP contribution in [0.1, 0.15) is 31.3 Å². The van der Waals surface area contributed by atoms with Crippen LogP contribution in [-0.4, -0.2) is 34.6 Å². The third-order valence-electron chi connectivity index (χ3n) is 1.60. The number of nitrogens with zero attached hydrogens (tertiary/aromatic N) is 2. The molecule has 1 aromatic heterocycles. The van der Waals surface area contributed by atoms with Crippen LogP contribution in [0, 0.1) is 0 Å². The van der Waals surface area contributed by atoms with Crippen LogP contribution in [0.15, 0.2) is 12.3 Å². The molecule has 6 heteroatoms. The summed E-state index contributed by atoms with van der Waals surface area (Å²) < 4.78 is 10.5. The highest BCUT2D eigenvalue weighted by Crippen LogP contribution is 2.10. The molecule has 0 aromatic carbocycles. The second-order valence-corrected chi connectivity index (χ2v) is 4.10. The van der Waals surface area contributed by atoms with Gasteiger partial charge in [0.25, 0.3) is 0 Å². The summed E-state index contributed by atoms with van der Waals surface area (Å²) >= 11 is 0. The highest BCUT2D eigenvalue weighted by molar-refractivity contribution is 5.91. The van der Waals surface area contributed by atoms with Crippen LogP contribution in [0.3, 0.4) is 0 Å². The van der Waals surface area contributed by atoms with Gasteiger partial charge in [0.2, 0.25) is 0 Å². The molecular formula is C10H14N2O4. The Morgan fingerprint density at radius 1 is 1.38 bits per heavy atom. The summed E-state index contributed by atoms with van der Waals surface area (Å²) in [5.41, 5.74) is -0.604. The first-order valence-corrected chi connectivity index (χ1v) is 4.71. The Morgan fingerprint density at radius 2 is 2.00 bits per heavy atom. The van der Waals surface area contributed by atoms with Crippen molar-refractivity contribution in [2.75, 3.05) is 7.11 Å². The minimum Gasteiger partial charge on any atom is -0.464 e. The first-order valence-electron chi connectivity index (χ1n) is 4.71. The summed E-state index contributed by atoms with van der Waals surface area (Å²) in [6, 6.07) is 1.38. The van der Waals surface area contributed by atoms with E-state index in [0.29, 0.717) is 0 Å². The maximum Gasteiger partial charge on any atom is 0.436 e. The molecule has 0 unspecified atom stereocenters. The Hall–Kier alpha value is -1.85. The molecule has 0 aliphatic rings. The molecule has 1 rings (SSSR count). The van der Waals surface area contributed by atoms with Crippen molar-refractivity contribution >= 4 is 12.1 Å². The molecule has 1 aromatic rings. The van der Waals surface area contributed by atoms with Crippen molar-refractivity contribution in [2.24, 2.45) is 0 Å². The fourth-order valence-electron chi connectivity index (χ4n) is 1.01. The van der Waals surface area contributed by atoms with E-state index in [0.717, 1.165) is 4.68 Å². The molecule has 1 heterocycles. The highest BCUT2D eigenvalue weighted by Gasteiger charge is 2.23. The normalized spacial score (nSPS) is 11.0. The van der Waals surface area contributed by atoms with Gasteiger partial charge in [0, 0.05) is 0 Å². The van der Waals surface area contributed by atoms with Gasteiger partial charge in [-0.05, 0) is 26.8 Å². The number of rotatable bonds is 1. The Balaban J connectivity index is 2.93. The summed E-state index contributed by atoms with van der Waals surface area (Å²) in [5.74, 6) is -0.636. The van der Waals surface area contributed by atoms with E-state index in [-0.39, 0.29) is 5.69 Å². The lowest BCUT2D eigenvalue weighted by Crippen LogP contribution is -2.29. The molecule has 0 spiro atoms. The summed E-state index contributed by atoms with van der Waals surface area (Å²) in [6.45, 7) is 5.19. The Kier molecular flexibility index (Phi) is 3.31. The molecule has 0 amide bonds. The molecule has 0 atom stereocenters. The number of esters is 1. The van der Waals surface area contributed by atoms with Gasteiger partial charge in [-0.1, -0.05) is 0 Å². The minimum atomic E-state index is -0.710. The number of methoxy groups -OCH3 is 1. The summed E-state index contributed by atoms with van der Waals surface area (Å²) in [5, 5.41) is 3.71. The zero-order chi connectivity index (χ0) is 12.3. The van der Waals surface area contributed by atoms with Gasteiger partial charge in [-0.25, -0.2) is 9.59 Å². The van der Waals surface area contributed by atoms with Crippen LogP contribution >= 0.6 is 0 Å². The topological polar surface area (TPSA) is 70.4 Å². The quantitative estimate of drug-likeness (QED) is 0.678. The van der Waals surface area contributed by atoms with Gasteiger partial charge in [0.1, 0.15) is 5.60 Å². The molecule has 0 N–H and O–H groups in total. The van der Waals surface area contributed by atoms with Crippen LogP contribution in [0.25, 0.3) is 0 Å². The van der Waals surface area contributed by atoms with Gasteiger partial charge in [0.15, 0.2) is 5.69 Å². The van der Waals surface area contributed by atoms with Crippen molar-refractivity contribution < 1.29 is 19.1 Å². The Bertz CT molecular complexity index is 403. The van der Waals surface area contributed by atoms with Crippen LogP contribution in [0.2, 0.25) is 0 Å². The van der Waals surface area contributed by atoms with Crippen LogP contribution in [0.4, 0.5) is 4.79 Å². The standard InChI is InChI=1S/C10H14N2O4/c1-10(2,3)16-9(14)12-7(5-6-11-12)8(13)15-4/h5-6H,1-4H3. The minimum absolute atomic E-state index is 0.0387. The number of ether oxygens (including phenoxy) is 2. The number of hydrogen-bond acceptors (Lipinski definition) is 5. The van der Waals surface area contributed by atoms with E-state index in [2.05, 4.69) is 9.84 Å². The lowest BCUT2D eigenvalue weighted by molar-refractivity contribution is 0.0463. The van der Waals surface area contributed by atoms with E-state index in [1.807, 2.05) is 0 Å². The van der Waals surface area contributed by atoms with E-state index in [9.17, 15) is 9.59 Å². The van der Waals surface area contributed by atoms with Crippen molar-refractivity contribution in [3.05, 3.63) is 18.0 Å². The lowest BCUT2D eigenvalue weighted by Gasteiger charge is -2.19. The lowest BCUT2D eigenvalue weighted by atomic mass is 10.2. The summed E-state index contributed by atoms with van der Waals surface area (Å²) in [7, 11) is 1.23. The Labute approximate surface area is 93.1 Å². The van der Waals surface area contributed by atoms with Gasteiger partial charge in [-0.2, -0.15) is 9.78 Å². The van der Waals surface area contributed by atoms with Gasteiger partial charge in [0.05, 0.1) is 13.3 Å². The largest absolute Gasteiger partial charge is 0.464 e. The monoisotopic (exact) mass is 226 g/mol. The van der Waals surface area contributed by atoms with E-state index in [1.165, 1.54) is 19.4 Å². The Morgan fingerprint density at radius 3 is 2.50 bits per heavy atom. The molecule has 6 nitrogen and oxygen atoms in total. The predicted octanol–water partition coefficient (Wildman–Crippen LogP) is 1.45. The molecule has 0 fully saturated rings. The van der Waals surface area contributed by atoms with E-state index < -0.39 is 17.7 Å². The van der Waals surface area contributed by atoms with E-state index >= 15 is 0 Å². The van der Waals surface area contributed by atoms with E-state index in [4.69, 9.17) is 4.74 Å². The summed E-state index contributed by atoms with van der Waals surface area (Å²) in [6.07, 6.45) is 0.619. The van der Waals surface area contributed by atoms with Gasteiger partial charge >= 0.3 is 12.1 Å². The first-order chi connectivity index (χ1) is 7.35. The zero-order valence-electron chi connectivity index (χ0n) is 9.68. The maximum atomic E-state index is 11.6. The van der Waals surface area contributed by atoms with Crippen LogP contribution < -0.4 is 0 Å². The first kappa shape index (κ1) is 12.2. The van der Waals surface area contributed by atoms with Crippen molar-refractivity contribution in [1.82, 2.24) is 9.78 Å². The predicted molar refractivity (Wildman–Crippen MR) is 55.2 cm³/mol. The summed E-state index contributed by atoms with van der Waals surface area (Å²) in [4.78, 5) is 22.9. The average molecular weight is 226 g/mol. The molecule has 0 aliphatic carbocycles. The molecule has 88 valence electrons. The molecule has 16 heavy (non-hydrogen) atoms. The fourth-order valence-corrected chi connectivity index (χ4v) is 1.01. The van der Waals surface area contributed by atoms with Crippen molar-refractivity contribution in [3.8, 4) is 0 Å². The smallest absolute Gasteiger partial charge is 0.436 e. The molecule has 0 radical (unpaired) electrons. The fraction of sp³-hybridized carbons (Fsp3) is 0.500. The van der Waals surface area contributed by atoms with Crippen molar-refractivity contribution in [2.45, 2.75) is 26.4 Å². The van der Waals surface area contributed by atoms with Crippen LogP contribution in [-0.2, 0) is 9.47 Å². The third kappa shape index (κ3) is 2.82. The maximum absolute atomic E-state index is 11.6. The molecule has 0 saturated carbocycles. The van der Waals surface area contributed by atoms with Crippen molar-refractivity contribution in [3.63, 3.8) is 0 Å². The number of carbonyl (C=O) groups excluding carboxylic acids is 2. The van der Waals surface area contributed by atoms with Crippen molar-refractivity contribution in [1.29, 1.82) is 0 Å². The second kappa shape index (κ2) is 4.34. The molecule has 0 bridgehead atoms. The number of hydrogen-bond donors (Lipinski definition) is 0. The second-order valence-electron chi connectivity index (χ2n) is 4.10.